The van der Waals surface area contributed by atoms with E-state index in [-0.39, 0.29) is 11.5 Å². The first-order valence-electron chi connectivity index (χ1n) is 8.91. The van der Waals surface area contributed by atoms with Crippen LogP contribution in [0.1, 0.15) is 51.3 Å². The van der Waals surface area contributed by atoms with Crippen molar-refractivity contribution >= 4 is 16.8 Å². The van der Waals surface area contributed by atoms with Crippen molar-refractivity contribution in [2.75, 3.05) is 5.75 Å². The lowest BCUT2D eigenvalue weighted by Crippen LogP contribution is -2.27. The van der Waals surface area contributed by atoms with Crippen LogP contribution in [0.2, 0.25) is 0 Å². The average Bonchev–Trinajstić information content (AvgIpc) is 2.61. The van der Waals surface area contributed by atoms with Crippen LogP contribution in [-0.2, 0) is 0 Å². The number of rotatable bonds is 6. The van der Waals surface area contributed by atoms with E-state index in [1.165, 1.54) is 0 Å². The Kier molecular flexibility index (Phi) is 7.27. The number of hydrogen-bond acceptors (Lipinski definition) is 3. The zero-order chi connectivity index (χ0) is 18.3. The third-order valence-corrected chi connectivity index (χ3v) is 5.11. The van der Waals surface area contributed by atoms with Crippen molar-refractivity contribution < 1.29 is 5.11 Å². The van der Waals surface area contributed by atoms with Crippen molar-refractivity contribution in [2.24, 2.45) is 10.4 Å². The Labute approximate surface area is 156 Å². The third kappa shape index (κ3) is 6.02. The smallest absolute Gasteiger partial charge is 0.0984 e. The number of aliphatic hydroxyl groups is 1. The lowest BCUT2D eigenvalue weighted by Gasteiger charge is -2.28. The highest BCUT2D eigenvalue weighted by molar-refractivity contribution is 8.14. The molecule has 134 valence electrons. The molecule has 0 spiro atoms. The largest absolute Gasteiger partial charge is 0.392 e. The summed E-state index contributed by atoms with van der Waals surface area (Å²) in [6.45, 7) is 8.36. The van der Waals surface area contributed by atoms with E-state index in [4.69, 9.17) is 4.99 Å². The van der Waals surface area contributed by atoms with Crippen molar-refractivity contribution in [3.8, 4) is 0 Å². The standard InChI is InChI=1S/C22H29NOS/c1-5-25-21(18-14-10-7-11-15-18)23-19(16-20(24)22(2,3)4)17-12-8-6-9-13-17/h6-15,19-20,24H,5,16H2,1-4H3/t19-,20-/m1/s1. The first kappa shape index (κ1) is 19.7. The highest BCUT2D eigenvalue weighted by atomic mass is 32.2. The molecule has 0 saturated carbocycles. The quantitative estimate of drug-likeness (QED) is 0.530. The minimum absolute atomic E-state index is 0.0512. The first-order chi connectivity index (χ1) is 11.9. The van der Waals surface area contributed by atoms with Crippen LogP contribution in [0, 0.1) is 5.41 Å². The second-order valence-electron chi connectivity index (χ2n) is 7.28. The summed E-state index contributed by atoms with van der Waals surface area (Å²) < 4.78 is 0. The van der Waals surface area contributed by atoms with Crippen LogP contribution < -0.4 is 0 Å². The van der Waals surface area contributed by atoms with Gasteiger partial charge in [-0.05, 0) is 16.7 Å². The van der Waals surface area contributed by atoms with E-state index in [1.807, 2.05) is 36.4 Å². The van der Waals surface area contributed by atoms with E-state index >= 15 is 0 Å². The van der Waals surface area contributed by atoms with Crippen molar-refractivity contribution in [2.45, 2.75) is 46.3 Å². The number of benzene rings is 2. The molecule has 3 heteroatoms. The molecule has 0 aliphatic rings. The molecule has 0 aliphatic carbocycles. The summed E-state index contributed by atoms with van der Waals surface area (Å²) in [4.78, 5) is 5.08. The van der Waals surface area contributed by atoms with Gasteiger partial charge in [-0.3, -0.25) is 4.99 Å². The van der Waals surface area contributed by atoms with Crippen molar-refractivity contribution in [1.29, 1.82) is 0 Å². The Hall–Kier alpha value is -1.58. The van der Waals surface area contributed by atoms with Crippen LogP contribution >= 0.6 is 11.8 Å². The maximum atomic E-state index is 10.7. The number of hydrogen-bond donors (Lipinski definition) is 1. The zero-order valence-electron chi connectivity index (χ0n) is 15.6. The molecule has 25 heavy (non-hydrogen) atoms. The summed E-state index contributed by atoms with van der Waals surface area (Å²) in [5.74, 6) is 0.969. The molecule has 0 saturated heterocycles. The summed E-state index contributed by atoms with van der Waals surface area (Å²) in [7, 11) is 0. The van der Waals surface area contributed by atoms with Gasteiger partial charge in [0.1, 0.15) is 0 Å². The highest BCUT2D eigenvalue weighted by Crippen LogP contribution is 2.32. The summed E-state index contributed by atoms with van der Waals surface area (Å²) in [6, 6.07) is 20.6. The van der Waals surface area contributed by atoms with Crippen LogP contribution in [0.3, 0.4) is 0 Å². The lowest BCUT2D eigenvalue weighted by molar-refractivity contribution is 0.0500. The molecule has 0 radical (unpaired) electrons. The Balaban J connectivity index is 2.39. The second kappa shape index (κ2) is 9.21. The fourth-order valence-corrected chi connectivity index (χ4v) is 3.34. The molecule has 0 aliphatic heterocycles. The maximum Gasteiger partial charge on any atom is 0.0984 e. The molecule has 2 nitrogen and oxygen atoms in total. The van der Waals surface area contributed by atoms with E-state index in [2.05, 4.69) is 52.0 Å². The predicted molar refractivity (Wildman–Crippen MR) is 110 cm³/mol. The van der Waals surface area contributed by atoms with Gasteiger partial charge in [-0.15, -0.1) is 11.8 Å². The van der Waals surface area contributed by atoms with Crippen LogP contribution in [0.5, 0.6) is 0 Å². The van der Waals surface area contributed by atoms with Gasteiger partial charge >= 0.3 is 0 Å². The molecule has 2 aromatic carbocycles. The Morgan fingerprint density at radius 2 is 1.56 bits per heavy atom. The van der Waals surface area contributed by atoms with Gasteiger partial charge < -0.3 is 5.11 Å². The molecule has 2 aromatic rings. The minimum atomic E-state index is -0.412. The first-order valence-corrected chi connectivity index (χ1v) is 9.89. The Morgan fingerprint density at radius 3 is 2.08 bits per heavy atom. The molecule has 2 rings (SSSR count). The van der Waals surface area contributed by atoms with Gasteiger partial charge in [0.05, 0.1) is 17.2 Å². The number of aliphatic hydroxyl groups excluding tert-OH is 1. The summed E-state index contributed by atoms with van der Waals surface area (Å²) >= 11 is 1.76. The van der Waals surface area contributed by atoms with Gasteiger partial charge in [0.2, 0.25) is 0 Å². The summed E-state index contributed by atoms with van der Waals surface area (Å²) in [5.41, 5.74) is 2.13. The fraction of sp³-hybridized carbons (Fsp3) is 0.409. The summed E-state index contributed by atoms with van der Waals surface area (Å²) in [5, 5.41) is 11.7. The number of aliphatic imine (C=N–C) groups is 1. The molecule has 0 unspecified atom stereocenters. The molecule has 0 aromatic heterocycles. The van der Waals surface area contributed by atoms with Gasteiger partial charge in [-0.25, -0.2) is 0 Å². The molecule has 0 amide bonds. The van der Waals surface area contributed by atoms with Crippen molar-refractivity contribution in [3.05, 3.63) is 71.8 Å². The molecule has 0 fully saturated rings. The van der Waals surface area contributed by atoms with Gasteiger partial charge in [-0.1, -0.05) is 88.4 Å². The Morgan fingerprint density at radius 1 is 1.00 bits per heavy atom. The molecular formula is C22H29NOS. The van der Waals surface area contributed by atoms with E-state index in [0.717, 1.165) is 21.9 Å². The normalized spacial score (nSPS) is 15.0. The summed E-state index contributed by atoms with van der Waals surface area (Å²) in [6.07, 6.45) is 0.207. The van der Waals surface area contributed by atoms with E-state index < -0.39 is 6.10 Å². The van der Waals surface area contributed by atoms with Crippen LogP contribution in [-0.4, -0.2) is 22.0 Å². The third-order valence-electron chi connectivity index (χ3n) is 4.21. The molecule has 0 bridgehead atoms. The van der Waals surface area contributed by atoms with Crippen molar-refractivity contribution in [3.63, 3.8) is 0 Å². The van der Waals surface area contributed by atoms with Crippen LogP contribution in [0.25, 0.3) is 0 Å². The number of thioether (sulfide) groups is 1. The van der Waals surface area contributed by atoms with Gasteiger partial charge in [0, 0.05) is 12.0 Å². The monoisotopic (exact) mass is 355 g/mol. The van der Waals surface area contributed by atoms with Crippen LogP contribution in [0.4, 0.5) is 0 Å². The Bertz CT molecular complexity index is 661. The van der Waals surface area contributed by atoms with E-state index in [0.29, 0.717) is 6.42 Å². The molecule has 2 atom stereocenters. The van der Waals surface area contributed by atoms with E-state index in [1.54, 1.807) is 11.8 Å². The minimum Gasteiger partial charge on any atom is -0.392 e. The molecule has 0 heterocycles. The average molecular weight is 356 g/mol. The topological polar surface area (TPSA) is 32.6 Å². The number of nitrogens with zero attached hydrogens (tertiary/aromatic N) is 1. The van der Waals surface area contributed by atoms with Crippen LogP contribution in [0.15, 0.2) is 65.7 Å². The zero-order valence-corrected chi connectivity index (χ0v) is 16.5. The van der Waals surface area contributed by atoms with E-state index in [9.17, 15) is 5.11 Å². The SMILES string of the molecule is CCSC(=N[C@H](C[C@@H](O)C(C)(C)C)c1ccccc1)c1ccccc1. The van der Waals surface area contributed by atoms with Crippen molar-refractivity contribution in [1.82, 2.24) is 0 Å². The molecular weight excluding hydrogens is 326 g/mol. The highest BCUT2D eigenvalue weighted by Gasteiger charge is 2.26. The lowest BCUT2D eigenvalue weighted by atomic mass is 9.84. The van der Waals surface area contributed by atoms with Gasteiger partial charge in [-0.2, -0.15) is 0 Å². The fourth-order valence-electron chi connectivity index (χ4n) is 2.56. The van der Waals surface area contributed by atoms with Gasteiger partial charge in [0.15, 0.2) is 0 Å². The molecule has 1 N–H and O–H groups in total. The van der Waals surface area contributed by atoms with Gasteiger partial charge in [0.25, 0.3) is 0 Å². The predicted octanol–water partition coefficient (Wildman–Crippen LogP) is 5.72. The second-order valence-corrected chi connectivity index (χ2v) is 8.53. The maximum absolute atomic E-state index is 10.7.